The van der Waals surface area contributed by atoms with Crippen LogP contribution in [0.5, 0.6) is 0 Å². The molecule has 8 heteroatoms. The Morgan fingerprint density at radius 1 is 1.41 bits per heavy atom. The molecule has 0 saturated heterocycles. The Labute approximate surface area is 135 Å². The van der Waals surface area contributed by atoms with E-state index in [0.717, 1.165) is 42.2 Å². The smallest absolute Gasteiger partial charge is 0.274 e. The van der Waals surface area contributed by atoms with Crippen LogP contribution >= 0.6 is 11.8 Å². The third kappa shape index (κ3) is 7.94. The van der Waals surface area contributed by atoms with Crippen LogP contribution < -0.4 is 10.6 Å². The third-order valence-electron chi connectivity index (χ3n) is 2.75. The standard InChI is InChI=1S/C14H24N4O3S/c1-15-14(11-18(19)20)16-7-9-22-8-6-12-4-5-13(21-12)10-17(2)3/h4-5,11,15-16H,6-10H2,1-3H3. The van der Waals surface area contributed by atoms with E-state index in [-0.39, 0.29) is 0 Å². The zero-order valence-electron chi connectivity index (χ0n) is 13.3. The third-order valence-corrected chi connectivity index (χ3v) is 3.73. The van der Waals surface area contributed by atoms with Gasteiger partial charge in [-0.2, -0.15) is 11.8 Å². The number of hydrogen-bond acceptors (Lipinski definition) is 7. The molecule has 7 nitrogen and oxygen atoms in total. The fourth-order valence-corrected chi connectivity index (χ4v) is 2.59. The minimum absolute atomic E-state index is 0.421. The van der Waals surface area contributed by atoms with Gasteiger partial charge in [-0.05, 0) is 26.2 Å². The highest BCUT2D eigenvalue weighted by atomic mass is 32.2. The average Bonchev–Trinajstić information content (AvgIpc) is 2.87. The molecule has 0 radical (unpaired) electrons. The molecule has 0 atom stereocenters. The van der Waals surface area contributed by atoms with Crippen LogP contribution in [0.25, 0.3) is 0 Å². The maximum absolute atomic E-state index is 10.4. The van der Waals surface area contributed by atoms with E-state index >= 15 is 0 Å². The first-order valence-corrected chi connectivity index (χ1v) is 8.23. The molecule has 0 aliphatic rings. The zero-order valence-corrected chi connectivity index (χ0v) is 14.1. The van der Waals surface area contributed by atoms with Crippen LogP contribution in [0, 0.1) is 10.1 Å². The Bertz CT molecular complexity index is 488. The molecule has 0 amide bonds. The number of rotatable bonds is 11. The minimum Gasteiger partial charge on any atom is -0.465 e. The summed E-state index contributed by atoms with van der Waals surface area (Å²) in [4.78, 5) is 12.0. The lowest BCUT2D eigenvalue weighted by Crippen LogP contribution is -2.26. The Balaban J connectivity index is 2.15. The second-order valence-electron chi connectivity index (χ2n) is 4.97. The van der Waals surface area contributed by atoms with Crippen LogP contribution in [-0.2, 0) is 13.0 Å². The molecule has 2 N–H and O–H groups in total. The molecule has 0 spiro atoms. The van der Waals surface area contributed by atoms with Gasteiger partial charge in [0.05, 0.1) is 11.5 Å². The van der Waals surface area contributed by atoms with Gasteiger partial charge in [-0.1, -0.05) is 0 Å². The summed E-state index contributed by atoms with van der Waals surface area (Å²) >= 11 is 1.78. The van der Waals surface area contributed by atoms with Gasteiger partial charge >= 0.3 is 0 Å². The first-order valence-electron chi connectivity index (χ1n) is 7.08. The van der Waals surface area contributed by atoms with Crippen molar-refractivity contribution in [3.8, 4) is 0 Å². The number of furan rings is 1. The Morgan fingerprint density at radius 2 is 2.14 bits per heavy atom. The summed E-state index contributed by atoms with van der Waals surface area (Å²) in [7, 11) is 5.67. The lowest BCUT2D eigenvalue weighted by atomic mass is 10.3. The number of nitro groups is 1. The van der Waals surface area contributed by atoms with Gasteiger partial charge in [0.2, 0.25) is 0 Å². The lowest BCUT2D eigenvalue weighted by Gasteiger charge is -2.07. The molecule has 22 heavy (non-hydrogen) atoms. The molecule has 1 aromatic heterocycles. The Kier molecular flexibility index (Phi) is 8.46. The highest BCUT2D eigenvalue weighted by Crippen LogP contribution is 2.12. The van der Waals surface area contributed by atoms with Crippen molar-refractivity contribution in [1.29, 1.82) is 0 Å². The van der Waals surface area contributed by atoms with Crippen molar-refractivity contribution in [1.82, 2.24) is 15.5 Å². The van der Waals surface area contributed by atoms with Crippen molar-refractivity contribution in [2.24, 2.45) is 0 Å². The number of nitrogens with one attached hydrogen (secondary N) is 2. The summed E-state index contributed by atoms with van der Waals surface area (Å²) in [6, 6.07) is 4.04. The first-order chi connectivity index (χ1) is 10.5. The quantitative estimate of drug-likeness (QED) is 0.362. The van der Waals surface area contributed by atoms with Gasteiger partial charge in [0.1, 0.15) is 11.5 Å². The molecule has 0 aromatic carbocycles. The molecule has 1 aromatic rings. The number of nitrogens with zero attached hydrogens (tertiary/aromatic N) is 2. The van der Waals surface area contributed by atoms with Crippen molar-refractivity contribution >= 4 is 11.8 Å². The molecular weight excluding hydrogens is 304 g/mol. The van der Waals surface area contributed by atoms with Crippen LogP contribution in [0.3, 0.4) is 0 Å². The summed E-state index contributed by atoms with van der Waals surface area (Å²) in [5, 5.41) is 16.1. The zero-order chi connectivity index (χ0) is 16.4. The summed E-state index contributed by atoms with van der Waals surface area (Å²) < 4.78 is 5.74. The van der Waals surface area contributed by atoms with Gasteiger partial charge in [-0.25, -0.2) is 0 Å². The Hall–Kier alpha value is -1.67. The number of thioether (sulfide) groups is 1. The summed E-state index contributed by atoms with van der Waals surface area (Å²) in [5.74, 6) is 4.24. The molecule has 0 aliphatic heterocycles. The van der Waals surface area contributed by atoms with E-state index in [2.05, 4.69) is 15.5 Å². The van der Waals surface area contributed by atoms with E-state index in [1.807, 2.05) is 26.2 Å². The summed E-state index contributed by atoms with van der Waals surface area (Å²) in [6.45, 7) is 1.49. The van der Waals surface area contributed by atoms with Crippen LogP contribution in [0.15, 0.2) is 28.6 Å². The largest absolute Gasteiger partial charge is 0.465 e. The highest BCUT2D eigenvalue weighted by Gasteiger charge is 2.03. The van der Waals surface area contributed by atoms with Gasteiger partial charge in [0.25, 0.3) is 6.20 Å². The Morgan fingerprint density at radius 3 is 2.77 bits per heavy atom. The van der Waals surface area contributed by atoms with Crippen LogP contribution in [0.4, 0.5) is 0 Å². The topological polar surface area (TPSA) is 83.6 Å². The maximum Gasteiger partial charge on any atom is 0.274 e. The second kappa shape index (κ2) is 10.1. The van der Waals surface area contributed by atoms with Crippen LogP contribution in [-0.4, -0.2) is 49.0 Å². The summed E-state index contributed by atoms with van der Waals surface area (Å²) in [6.07, 6.45) is 1.82. The van der Waals surface area contributed by atoms with E-state index in [1.165, 1.54) is 0 Å². The molecule has 124 valence electrons. The van der Waals surface area contributed by atoms with Gasteiger partial charge < -0.3 is 20.0 Å². The normalized spacial score (nSPS) is 11.7. The number of aryl methyl sites for hydroxylation is 1. The molecule has 0 bridgehead atoms. The van der Waals surface area contributed by atoms with Gasteiger partial charge in [-0.3, -0.25) is 10.1 Å². The molecule has 0 aliphatic carbocycles. The van der Waals surface area contributed by atoms with Gasteiger partial charge in [0, 0.05) is 31.5 Å². The fraction of sp³-hybridized carbons (Fsp3) is 0.571. The fourth-order valence-electron chi connectivity index (χ4n) is 1.79. The highest BCUT2D eigenvalue weighted by molar-refractivity contribution is 7.99. The molecule has 0 saturated carbocycles. The lowest BCUT2D eigenvalue weighted by molar-refractivity contribution is -0.404. The summed E-state index contributed by atoms with van der Waals surface area (Å²) in [5.41, 5.74) is 0. The van der Waals surface area contributed by atoms with Crippen molar-refractivity contribution in [3.05, 3.63) is 45.8 Å². The predicted molar refractivity (Wildman–Crippen MR) is 89.3 cm³/mol. The average molecular weight is 328 g/mol. The molecule has 0 unspecified atom stereocenters. The maximum atomic E-state index is 10.4. The minimum atomic E-state index is -0.478. The van der Waals surface area contributed by atoms with E-state index < -0.39 is 4.92 Å². The van der Waals surface area contributed by atoms with Crippen molar-refractivity contribution < 1.29 is 9.34 Å². The van der Waals surface area contributed by atoms with E-state index in [1.54, 1.807) is 18.8 Å². The van der Waals surface area contributed by atoms with Crippen molar-refractivity contribution in [2.75, 3.05) is 39.2 Å². The van der Waals surface area contributed by atoms with E-state index in [0.29, 0.717) is 12.4 Å². The molecular formula is C14H24N4O3S. The van der Waals surface area contributed by atoms with Crippen LogP contribution in [0.2, 0.25) is 0 Å². The molecule has 1 heterocycles. The van der Waals surface area contributed by atoms with E-state index in [4.69, 9.17) is 4.42 Å². The molecule has 1 rings (SSSR count). The van der Waals surface area contributed by atoms with Crippen molar-refractivity contribution in [3.63, 3.8) is 0 Å². The van der Waals surface area contributed by atoms with E-state index in [9.17, 15) is 10.1 Å². The van der Waals surface area contributed by atoms with Crippen LogP contribution in [0.1, 0.15) is 11.5 Å². The first kappa shape index (κ1) is 18.4. The SMILES string of the molecule is CNC(=C[N+](=O)[O-])NCCSCCc1ccc(CN(C)C)o1. The predicted octanol–water partition coefficient (Wildman–Crippen LogP) is 1.50. The number of hydrogen-bond donors (Lipinski definition) is 2. The van der Waals surface area contributed by atoms with Gasteiger partial charge in [-0.15, -0.1) is 0 Å². The molecule has 0 fully saturated rings. The van der Waals surface area contributed by atoms with Gasteiger partial charge in [0.15, 0.2) is 5.82 Å². The monoisotopic (exact) mass is 328 g/mol. The van der Waals surface area contributed by atoms with Crippen molar-refractivity contribution in [2.45, 2.75) is 13.0 Å². The second-order valence-corrected chi connectivity index (χ2v) is 6.20.